The van der Waals surface area contributed by atoms with Crippen molar-refractivity contribution in [3.63, 3.8) is 0 Å². The molecule has 0 bridgehead atoms. The molecule has 1 aliphatic heterocycles. The van der Waals surface area contributed by atoms with Crippen molar-refractivity contribution in [2.24, 2.45) is 0 Å². The highest BCUT2D eigenvalue weighted by molar-refractivity contribution is 7.18. The minimum absolute atomic E-state index is 0.0261. The Bertz CT molecular complexity index is 1340. The molecule has 1 fully saturated rings. The Hall–Kier alpha value is -3.59. The number of nitrogens with zero attached hydrogens (tertiary/aromatic N) is 4. The Labute approximate surface area is 202 Å². The lowest BCUT2D eigenvalue weighted by Crippen LogP contribution is -2.40. The molecule has 3 aromatic rings. The molecule has 1 aliphatic rings. The van der Waals surface area contributed by atoms with Crippen LogP contribution >= 0.6 is 22.9 Å². The summed E-state index contributed by atoms with van der Waals surface area (Å²) in [6.07, 6.45) is 4.18. The van der Waals surface area contributed by atoms with Crippen LogP contribution in [0.1, 0.15) is 16.1 Å². The van der Waals surface area contributed by atoms with E-state index in [1.807, 2.05) is 6.07 Å². The third kappa shape index (κ3) is 5.14. The van der Waals surface area contributed by atoms with Crippen LogP contribution in [0.2, 0.25) is 4.34 Å². The maximum atomic E-state index is 14.7. The van der Waals surface area contributed by atoms with Crippen LogP contribution in [0.15, 0.2) is 53.7 Å². The molecule has 3 heterocycles. The Morgan fingerprint density at radius 1 is 1.32 bits per heavy atom. The summed E-state index contributed by atoms with van der Waals surface area (Å²) < 4.78 is 16.4. The van der Waals surface area contributed by atoms with Crippen LogP contribution in [0.25, 0.3) is 5.69 Å². The summed E-state index contributed by atoms with van der Waals surface area (Å²) in [5, 5.41) is 14.6. The lowest BCUT2D eigenvalue weighted by Gasteiger charge is -2.20. The molecule has 2 N–H and O–H groups in total. The normalized spacial score (nSPS) is 17.8. The van der Waals surface area contributed by atoms with E-state index in [1.54, 1.807) is 17.0 Å². The minimum atomic E-state index is -0.737. The van der Waals surface area contributed by atoms with Gasteiger partial charge in [-0.1, -0.05) is 11.6 Å². The molecule has 2 aromatic heterocycles. The number of hydrogen-bond donors (Lipinski definition) is 2. The molecule has 9 nitrogen and oxygen atoms in total. The molecule has 0 unspecified atom stereocenters. The van der Waals surface area contributed by atoms with E-state index >= 15 is 0 Å². The summed E-state index contributed by atoms with van der Waals surface area (Å²) in [4.78, 5) is 43.1. The number of aromatic nitrogens is 2. The molecule has 1 aromatic carbocycles. The van der Waals surface area contributed by atoms with E-state index in [1.165, 1.54) is 29.1 Å². The SMILES string of the molecule is N#CCN1C[C@@H](NC(=O)c2ccc(Cl)s2)C[C@H]1C(=O)Nc1ccc(-n2ccncc2=O)cc1F. The van der Waals surface area contributed by atoms with Crippen molar-refractivity contribution in [2.75, 3.05) is 18.4 Å². The maximum absolute atomic E-state index is 14.7. The molecule has 34 heavy (non-hydrogen) atoms. The highest BCUT2D eigenvalue weighted by Crippen LogP contribution is 2.24. The van der Waals surface area contributed by atoms with Crippen molar-refractivity contribution < 1.29 is 14.0 Å². The first-order valence-electron chi connectivity index (χ1n) is 10.2. The smallest absolute Gasteiger partial charge is 0.273 e. The molecule has 4 rings (SSSR count). The van der Waals surface area contributed by atoms with Gasteiger partial charge in [0.25, 0.3) is 11.5 Å². The molecule has 1 saturated heterocycles. The van der Waals surface area contributed by atoms with Gasteiger partial charge in [0.05, 0.1) is 45.4 Å². The van der Waals surface area contributed by atoms with Crippen LogP contribution in [-0.4, -0.2) is 51.4 Å². The van der Waals surface area contributed by atoms with Crippen molar-refractivity contribution in [1.29, 1.82) is 5.26 Å². The molecule has 0 spiro atoms. The van der Waals surface area contributed by atoms with E-state index < -0.39 is 23.3 Å². The van der Waals surface area contributed by atoms with Gasteiger partial charge < -0.3 is 10.6 Å². The molecule has 2 atom stereocenters. The number of nitrogens with one attached hydrogen (secondary N) is 2. The third-order valence-electron chi connectivity index (χ3n) is 5.33. The lowest BCUT2D eigenvalue weighted by molar-refractivity contribution is -0.120. The Kier molecular flexibility index (Phi) is 7.02. The van der Waals surface area contributed by atoms with Crippen molar-refractivity contribution in [2.45, 2.75) is 18.5 Å². The second kappa shape index (κ2) is 10.1. The second-order valence-electron chi connectivity index (χ2n) is 7.55. The summed E-state index contributed by atoms with van der Waals surface area (Å²) in [5.74, 6) is -1.54. The van der Waals surface area contributed by atoms with Crippen LogP contribution in [0.3, 0.4) is 0 Å². The third-order valence-corrected chi connectivity index (χ3v) is 6.55. The number of carbonyl (C=O) groups is 2. The van der Waals surface area contributed by atoms with Gasteiger partial charge in [-0.25, -0.2) is 4.39 Å². The van der Waals surface area contributed by atoms with Crippen LogP contribution in [0.4, 0.5) is 10.1 Å². The molecular formula is C22H18ClFN6O3S. The average Bonchev–Trinajstić information content (AvgIpc) is 3.42. The summed E-state index contributed by atoms with van der Waals surface area (Å²) in [7, 11) is 0. The summed E-state index contributed by atoms with van der Waals surface area (Å²) in [6, 6.07) is 8.13. The first-order chi connectivity index (χ1) is 16.4. The molecule has 0 aliphatic carbocycles. The quantitative estimate of drug-likeness (QED) is 0.501. The summed E-state index contributed by atoms with van der Waals surface area (Å²) in [6.45, 7) is 0.268. The zero-order valence-corrected chi connectivity index (χ0v) is 19.1. The van der Waals surface area contributed by atoms with Gasteiger partial charge in [-0.15, -0.1) is 11.3 Å². The number of rotatable bonds is 6. The topological polar surface area (TPSA) is 120 Å². The number of halogens is 2. The van der Waals surface area contributed by atoms with Gasteiger partial charge in [0, 0.05) is 31.0 Å². The zero-order chi connectivity index (χ0) is 24.2. The van der Waals surface area contributed by atoms with Crippen molar-refractivity contribution >= 4 is 40.4 Å². The van der Waals surface area contributed by atoms with Crippen molar-refractivity contribution in [3.05, 3.63) is 74.3 Å². The fraction of sp³-hybridized carbons (Fsp3) is 0.227. The number of benzene rings is 1. The molecule has 0 radical (unpaired) electrons. The second-order valence-corrected chi connectivity index (χ2v) is 9.27. The number of carbonyl (C=O) groups excluding carboxylic acids is 2. The van der Waals surface area contributed by atoms with E-state index in [0.29, 0.717) is 15.8 Å². The molecular weight excluding hydrogens is 483 g/mol. The average molecular weight is 501 g/mol. The molecule has 2 amide bonds. The summed E-state index contributed by atoms with van der Waals surface area (Å²) >= 11 is 7.03. The maximum Gasteiger partial charge on any atom is 0.273 e. The van der Waals surface area contributed by atoms with Crippen molar-refractivity contribution in [3.8, 4) is 11.8 Å². The summed E-state index contributed by atoms with van der Waals surface area (Å²) in [5.41, 5.74) is -0.200. The minimum Gasteiger partial charge on any atom is -0.347 e. The van der Waals surface area contributed by atoms with Gasteiger partial charge in [0.1, 0.15) is 5.82 Å². The van der Waals surface area contributed by atoms with E-state index in [2.05, 4.69) is 15.6 Å². The van der Waals surface area contributed by atoms with Gasteiger partial charge in [0.15, 0.2) is 0 Å². The number of anilines is 1. The number of amides is 2. The first-order valence-corrected chi connectivity index (χ1v) is 11.4. The first kappa shape index (κ1) is 23.6. The highest BCUT2D eigenvalue weighted by atomic mass is 35.5. The number of hydrogen-bond acceptors (Lipinski definition) is 7. The van der Waals surface area contributed by atoms with Gasteiger partial charge in [-0.2, -0.15) is 5.26 Å². The van der Waals surface area contributed by atoms with Gasteiger partial charge in [0.2, 0.25) is 5.91 Å². The monoisotopic (exact) mass is 500 g/mol. The van der Waals surface area contributed by atoms with Crippen LogP contribution < -0.4 is 16.2 Å². The van der Waals surface area contributed by atoms with E-state index in [9.17, 15) is 18.8 Å². The number of nitriles is 1. The highest BCUT2D eigenvalue weighted by Gasteiger charge is 2.37. The number of likely N-dealkylation sites (tertiary alicyclic amines) is 1. The van der Waals surface area contributed by atoms with Crippen LogP contribution in [0.5, 0.6) is 0 Å². The molecule has 0 saturated carbocycles. The Morgan fingerprint density at radius 2 is 2.15 bits per heavy atom. The van der Waals surface area contributed by atoms with Gasteiger partial charge in [-0.05, 0) is 30.7 Å². The Morgan fingerprint density at radius 3 is 2.82 bits per heavy atom. The standard InChI is InChI=1S/C22H18ClFN6O3S/c23-19-4-3-18(34-19)22(33)27-13-9-17(29(12-13)7-5-25)21(32)28-16-2-1-14(10-15(16)24)30-8-6-26-11-20(30)31/h1-4,6,8,10-11,13,17H,7,9,12H2,(H,27,33)(H,28,32)/t13-,17-/m0/s1. The molecule has 174 valence electrons. The van der Waals surface area contributed by atoms with Gasteiger partial charge in [-0.3, -0.25) is 28.8 Å². The fourth-order valence-corrected chi connectivity index (χ4v) is 4.72. The Balaban J connectivity index is 1.46. The predicted octanol–water partition coefficient (Wildman–Crippen LogP) is 2.42. The predicted molar refractivity (Wildman–Crippen MR) is 125 cm³/mol. The van der Waals surface area contributed by atoms with E-state index in [4.69, 9.17) is 16.9 Å². The largest absolute Gasteiger partial charge is 0.347 e. The van der Waals surface area contributed by atoms with Crippen LogP contribution in [0, 0.1) is 17.1 Å². The molecule has 12 heteroatoms. The van der Waals surface area contributed by atoms with Crippen molar-refractivity contribution in [1.82, 2.24) is 19.8 Å². The van der Waals surface area contributed by atoms with E-state index in [-0.39, 0.29) is 36.3 Å². The van der Waals surface area contributed by atoms with E-state index in [0.717, 1.165) is 23.6 Å². The van der Waals surface area contributed by atoms with Gasteiger partial charge >= 0.3 is 0 Å². The lowest BCUT2D eigenvalue weighted by atomic mass is 10.1. The number of thiophene rings is 1. The van der Waals surface area contributed by atoms with Crippen LogP contribution in [-0.2, 0) is 4.79 Å². The fourth-order valence-electron chi connectivity index (χ4n) is 3.77. The zero-order valence-electron chi connectivity index (χ0n) is 17.6.